The number of thiophene rings is 1. The van der Waals surface area contributed by atoms with Gasteiger partial charge in [0.1, 0.15) is 0 Å². The molecule has 0 unspecified atom stereocenters. The van der Waals surface area contributed by atoms with Crippen LogP contribution in [0, 0.1) is 0 Å². The molecule has 230 valence electrons. The highest BCUT2D eigenvalue weighted by molar-refractivity contribution is 7.26. The van der Waals surface area contributed by atoms with Crippen molar-refractivity contribution in [1.82, 2.24) is 20.4 Å². The third-order valence-corrected chi connectivity index (χ3v) is 10.2. The van der Waals surface area contributed by atoms with Crippen LogP contribution in [0.5, 0.6) is 0 Å². The number of pyridine rings is 1. The lowest BCUT2D eigenvalue weighted by Gasteiger charge is -2.22. The zero-order valence-corrected chi connectivity index (χ0v) is 27.2. The van der Waals surface area contributed by atoms with E-state index < -0.39 is 0 Å². The third kappa shape index (κ3) is 5.08. The average molecular weight is 645 g/mol. The molecule has 0 amide bonds. The molecule has 4 nitrogen and oxygen atoms in total. The van der Waals surface area contributed by atoms with Crippen molar-refractivity contribution < 1.29 is 0 Å². The maximum Gasteiger partial charge on any atom is 0.0976 e. The molecule has 5 heteroatoms. The summed E-state index contributed by atoms with van der Waals surface area (Å²) in [7, 11) is 0. The average Bonchev–Trinajstić information content (AvgIpc) is 3.57. The van der Waals surface area contributed by atoms with E-state index in [9.17, 15) is 0 Å². The first-order valence-electron chi connectivity index (χ1n) is 16.2. The minimum atomic E-state index is 0.734. The van der Waals surface area contributed by atoms with E-state index in [1.54, 1.807) is 6.20 Å². The molecule has 0 aliphatic heterocycles. The maximum atomic E-state index is 5.15. The Balaban J connectivity index is 1.49. The van der Waals surface area contributed by atoms with Crippen molar-refractivity contribution in [3.63, 3.8) is 0 Å². The van der Waals surface area contributed by atoms with E-state index in [4.69, 9.17) is 10.1 Å². The summed E-state index contributed by atoms with van der Waals surface area (Å²) in [4.78, 5) is 5.15. The molecule has 3 heterocycles. The molecular weight excluding hydrogens is 617 g/mol. The van der Waals surface area contributed by atoms with Gasteiger partial charge >= 0.3 is 0 Å². The van der Waals surface area contributed by atoms with E-state index in [0.717, 1.165) is 67.0 Å². The molecule has 0 saturated heterocycles. The minimum absolute atomic E-state index is 0.734. The number of fused-ring (bicyclic) bond motifs is 3. The highest BCUT2D eigenvalue weighted by atomic mass is 32.1. The van der Waals surface area contributed by atoms with E-state index >= 15 is 0 Å². The SMILES string of the molecule is c1ccc(-c2cccnc2-c2c(-c3ccccc3)ccc(-c3c(-c4ccccc4)ccc4sc5ccccc5c34)c2-c2ccnnn2)cc1. The molecular formula is C44H28N4S. The summed E-state index contributed by atoms with van der Waals surface area (Å²) in [6.07, 6.45) is 3.61. The van der Waals surface area contributed by atoms with Crippen LogP contribution in [0.3, 0.4) is 0 Å². The topological polar surface area (TPSA) is 51.6 Å². The number of nitrogens with zero attached hydrogens (tertiary/aromatic N) is 4. The normalized spacial score (nSPS) is 11.3. The van der Waals surface area contributed by atoms with Crippen molar-refractivity contribution in [2.24, 2.45) is 0 Å². The predicted molar refractivity (Wildman–Crippen MR) is 203 cm³/mol. The second-order valence-electron chi connectivity index (χ2n) is 11.9. The molecule has 0 spiro atoms. The first kappa shape index (κ1) is 28.9. The van der Waals surface area contributed by atoms with Gasteiger partial charge in [-0.15, -0.1) is 21.5 Å². The van der Waals surface area contributed by atoms with E-state index in [2.05, 4.69) is 150 Å². The Morgan fingerprint density at radius 2 is 1.02 bits per heavy atom. The third-order valence-electron chi connectivity index (χ3n) is 9.08. The second-order valence-corrected chi connectivity index (χ2v) is 13.0. The van der Waals surface area contributed by atoms with Gasteiger partial charge in [0.2, 0.25) is 0 Å². The molecule has 9 rings (SSSR count). The number of aromatic nitrogens is 4. The summed E-state index contributed by atoms with van der Waals surface area (Å²) in [5.41, 5.74) is 12.4. The number of hydrogen-bond donors (Lipinski definition) is 0. The summed E-state index contributed by atoms with van der Waals surface area (Å²) in [6.45, 7) is 0. The van der Waals surface area contributed by atoms with Gasteiger partial charge in [-0.25, -0.2) is 0 Å². The molecule has 0 saturated carbocycles. The van der Waals surface area contributed by atoms with Crippen molar-refractivity contribution in [1.29, 1.82) is 0 Å². The van der Waals surface area contributed by atoms with Gasteiger partial charge in [0.15, 0.2) is 0 Å². The maximum absolute atomic E-state index is 5.15. The van der Waals surface area contributed by atoms with Crippen molar-refractivity contribution in [3.05, 3.63) is 170 Å². The predicted octanol–water partition coefficient (Wildman–Crippen LogP) is 11.6. The van der Waals surface area contributed by atoms with E-state index in [1.807, 2.05) is 35.7 Å². The summed E-state index contributed by atoms with van der Waals surface area (Å²) < 4.78 is 2.49. The van der Waals surface area contributed by atoms with Crippen LogP contribution in [-0.4, -0.2) is 20.4 Å². The number of benzene rings is 6. The van der Waals surface area contributed by atoms with Crippen molar-refractivity contribution in [2.75, 3.05) is 0 Å². The standard InChI is InChI=1S/C44H28N4S/c1-4-13-29(14-5-1)32-24-25-39-42(35-19-10-11-21-38(35)49-39)40(32)36-23-22-33(30-15-6-2-7-16-30)43(41(36)37-26-28-46-48-47-37)44-34(20-12-27-45-44)31-17-8-3-9-18-31/h1-28H. The lowest BCUT2D eigenvalue weighted by Crippen LogP contribution is -2.01. The quantitative estimate of drug-likeness (QED) is 0.181. The second kappa shape index (κ2) is 12.4. The van der Waals surface area contributed by atoms with Crippen LogP contribution in [0.25, 0.3) is 87.2 Å². The number of rotatable bonds is 6. The highest BCUT2D eigenvalue weighted by Crippen LogP contribution is 2.51. The molecule has 6 aromatic carbocycles. The van der Waals surface area contributed by atoms with E-state index in [1.165, 1.54) is 20.2 Å². The van der Waals surface area contributed by atoms with Gasteiger partial charge in [0.05, 0.1) is 17.6 Å². The van der Waals surface area contributed by atoms with Gasteiger partial charge in [-0.2, -0.15) is 0 Å². The van der Waals surface area contributed by atoms with Gasteiger partial charge in [0, 0.05) is 43.1 Å². The monoisotopic (exact) mass is 644 g/mol. The Hall–Kier alpha value is -6.30. The van der Waals surface area contributed by atoms with Crippen molar-refractivity contribution in [2.45, 2.75) is 0 Å². The van der Waals surface area contributed by atoms with Crippen LogP contribution >= 0.6 is 11.3 Å². The molecule has 0 aliphatic carbocycles. The zero-order valence-electron chi connectivity index (χ0n) is 26.4. The zero-order chi connectivity index (χ0) is 32.6. The number of hydrogen-bond acceptors (Lipinski definition) is 5. The molecule has 0 fully saturated rings. The van der Waals surface area contributed by atoms with E-state index in [0.29, 0.717) is 0 Å². The lowest BCUT2D eigenvalue weighted by atomic mass is 9.81. The molecule has 0 N–H and O–H groups in total. The molecule has 0 bridgehead atoms. The molecule has 3 aromatic heterocycles. The Kier molecular flexibility index (Phi) is 7.30. The van der Waals surface area contributed by atoms with Gasteiger partial charge in [0.25, 0.3) is 0 Å². The Morgan fingerprint density at radius 3 is 1.71 bits per heavy atom. The Bertz CT molecular complexity index is 2580. The fourth-order valence-corrected chi connectivity index (χ4v) is 8.08. The molecule has 0 atom stereocenters. The van der Waals surface area contributed by atoms with Crippen LogP contribution < -0.4 is 0 Å². The van der Waals surface area contributed by atoms with Crippen LogP contribution in [-0.2, 0) is 0 Å². The van der Waals surface area contributed by atoms with Crippen molar-refractivity contribution >= 4 is 31.5 Å². The lowest BCUT2D eigenvalue weighted by molar-refractivity contribution is 0.871. The molecule has 49 heavy (non-hydrogen) atoms. The van der Waals surface area contributed by atoms with Crippen LogP contribution in [0.2, 0.25) is 0 Å². The van der Waals surface area contributed by atoms with E-state index in [-0.39, 0.29) is 0 Å². The van der Waals surface area contributed by atoms with Gasteiger partial charge in [-0.05, 0) is 68.4 Å². The van der Waals surface area contributed by atoms with Gasteiger partial charge in [-0.1, -0.05) is 133 Å². The van der Waals surface area contributed by atoms with Gasteiger partial charge < -0.3 is 0 Å². The Labute approximate surface area is 288 Å². The smallest absolute Gasteiger partial charge is 0.0976 e. The summed E-state index contributed by atoms with van der Waals surface area (Å²) in [5.74, 6) is 0. The highest BCUT2D eigenvalue weighted by Gasteiger charge is 2.26. The van der Waals surface area contributed by atoms with Crippen LogP contribution in [0.15, 0.2) is 170 Å². The Morgan fingerprint density at radius 1 is 0.408 bits per heavy atom. The van der Waals surface area contributed by atoms with Gasteiger partial charge in [-0.3, -0.25) is 4.98 Å². The minimum Gasteiger partial charge on any atom is -0.256 e. The largest absolute Gasteiger partial charge is 0.256 e. The molecule has 0 radical (unpaired) electrons. The van der Waals surface area contributed by atoms with Crippen LogP contribution in [0.4, 0.5) is 0 Å². The summed E-state index contributed by atoms with van der Waals surface area (Å²) >= 11 is 1.83. The summed E-state index contributed by atoms with van der Waals surface area (Å²) in [6, 6.07) is 55.6. The fourth-order valence-electron chi connectivity index (χ4n) is 6.97. The molecule has 0 aliphatic rings. The fraction of sp³-hybridized carbons (Fsp3) is 0. The van der Waals surface area contributed by atoms with Crippen LogP contribution in [0.1, 0.15) is 0 Å². The summed E-state index contributed by atoms with van der Waals surface area (Å²) in [5, 5.41) is 15.4. The first-order valence-corrected chi connectivity index (χ1v) is 17.0. The first-order chi connectivity index (χ1) is 24.3. The van der Waals surface area contributed by atoms with Crippen molar-refractivity contribution in [3.8, 4) is 67.0 Å². The molecule has 9 aromatic rings.